The van der Waals surface area contributed by atoms with Gasteiger partial charge < -0.3 is 4.90 Å². The molecule has 0 saturated carbocycles. The molecule has 1 aliphatic heterocycles. The second kappa shape index (κ2) is 5.95. The zero-order valence-corrected chi connectivity index (χ0v) is 13.2. The highest BCUT2D eigenvalue weighted by Gasteiger charge is 2.23. The second-order valence-electron chi connectivity index (χ2n) is 4.77. The number of carbonyl (C=O) groups is 2. The van der Waals surface area contributed by atoms with Gasteiger partial charge in [-0.15, -0.1) is 0 Å². The summed E-state index contributed by atoms with van der Waals surface area (Å²) in [5, 5.41) is 7.13. The maximum atomic E-state index is 12.0. The van der Waals surface area contributed by atoms with Crippen molar-refractivity contribution in [3.05, 3.63) is 33.0 Å². The van der Waals surface area contributed by atoms with Gasteiger partial charge >= 0.3 is 0 Å². The molecule has 0 radical (unpaired) electrons. The first-order chi connectivity index (χ1) is 10.2. The Balaban J connectivity index is 1.72. The summed E-state index contributed by atoms with van der Waals surface area (Å²) in [6.45, 7) is 3.19. The number of hydrogen-bond donors (Lipinski definition) is 1. The molecule has 2 aromatic heterocycles. The Morgan fingerprint density at radius 3 is 3.05 bits per heavy atom. The number of amides is 2. The molecular formula is C14H15N3O2S2. The molecule has 110 valence electrons. The van der Waals surface area contributed by atoms with Crippen molar-refractivity contribution in [1.29, 1.82) is 0 Å². The Kier molecular flexibility index (Phi) is 4.03. The second-order valence-corrected chi connectivity index (χ2v) is 6.64. The van der Waals surface area contributed by atoms with Crippen LogP contribution in [0.1, 0.15) is 34.3 Å². The number of anilines is 1. The number of nitrogens with zero attached hydrogens (tertiary/aromatic N) is 2. The third-order valence-electron chi connectivity index (χ3n) is 3.39. The number of rotatable bonds is 3. The monoisotopic (exact) mass is 321 g/mol. The van der Waals surface area contributed by atoms with Crippen LogP contribution in [0.2, 0.25) is 0 Å². The van der Waals surface area contributed by atoms with E-state index in [4.69, 9.17) is 0 Å². The fraction of sp³-hybridized carbons (Fsp3) is 0.357. The molecular weight excluding hydrogens is 306 g/mol. The molecule has 1 N–H and O–H groups in total. The molecule has 0 aromatic carbocycles. The van der Waals surface area contributed by atoms with Crippen LogP contribution in [0.15, 0.2) is 16.8 Å². The third kappa shape index (κ3) is 2.98. The number of aromatic nitrogens is 1. The predicted octanol–water partition coefficient (Wildman–Crippen LogP) is 2.75. The molecule has 1 aliphatic rings. The van der Waals surface area contributed by atoms with Crippen LogP contribution < -0.4 is 5.32 Å². The standard InChI is InChI=1S/C14H15N3O2S2/c1-2-12(18)17-5-3-10-11(7-17)21-14(15-10)16-13(19)9-4-6-20-8-9/h4,6,8H,2-3,5,7H2,1H3,(H,15,16,19). The van der Waals surface area contributed by atoms with E-state index in [-0.39, 0.29) is 11.8 Å². The Bertz CT molecular complexity index is 664. The van der Waals surface area contributed by atoms with Gasteiger partial charge in [0.2, 0.25) is 5.91 Å². The van der Waals surface area contributed by atoms with Crippen molar-refractivity contribution < 1.29 is 9.59 Å². The molecule has 0 atom stereocenters. The normalized spacial score (nSPS) is 13.9. The van der Waals surface area contributed by atoms with Crippen molar-refractivity contribution in [2.45, 2.75) is 26.3 Å². The number of fused-ring (bicyclic) bond motifs is 1. The van der Waals surface area contributed by atoms with Gasteiger partial charge in [-0.1, -0.05) is 18.3 Å². The van der Waals surface area contributed by atoms with Gasteiger partial charge in [-0.3, -0.25) is 14.9 Å². The zero-order valence-electron chi connectivity index (χ0n) is 11.6. The Hall–Kier alpha value is -1.73. The first-order valence-electron chi connectivity index (χ1n) is 6.77. The quantitative estimate of drug-likeness (QED) is 0.945. The number of thiophene rings is 1. The van der Waals surface area contributed by atoms with E-state index in [0.29, 0.717) is 30.2 Å². The molecule has 0 aliphatic carbocycles. The average Bonchev–Trinajstić information content (AvgIpc) is 3.14. The lowest BCUT2D eigenvalue weighted by molar-refractivity contribution is -0.131. The van der Waals surface area contributed by atoms with Crippen molar-refractivity contribution in [3.63, 3.8) is 0 Å². The number of hydrogen-bond acceptors (Lipinski definition) is 5. The molecule has 5 nitrogen and oxygen atoms in total. The number of thiazole rings is 1. The zero-order chi connectivity index (χ0) is 14.8. The van der Waals surface area contributed by atoms with Crippen LogP contribution in [-0.4, -0.2) is 28.2 Å². The van der Waals surface area contributed by atoms with Gasteiger partial charge in [0.1, 0.15) is 0 Å². The van der Waals surface area contributed by atoms with E-state index in [1.165, 1.54) is 22.7 Å². The van der Waals surface area contributed by atoms with Crippen molar-refractivity contribution in [1.82, 2.24) is 9.88 Å². The minimum absolute atomic E-state index is 0.135. The molecule has 2 amide bonds. The summed E-state index contributed by atoms with van der Waals surface area (Å²) in [4.78, 5) is 31.2. The highest BCUT2D eigenvalue weighted by Crippen LogP contribution is 2.29. The molecule has 0 fully saturated rings. The van der Waals surface area contributed by atoms with Gasteiger partial charge in [0, 0.05) is 29.6 Å². The van der Waals surface area contributed by atoms with E-state index < -0.39 is 0 Å². The highest BCUT2D eigenvalue weighted by molar-refractivity contribution is 7.16. The van der Waals surface area contributed by atoms with Gasteiger partial charge in [-0.2, -0.15) is 11.3 Å². The van der Waals surface area contributed by atoms with Crippen LogP contribution in [0, 0.1) is 0 Å². The fourth-order valence-electron chi connectivity index (χ4n) is 2.25. The van der Waals surface area contributed by atoms with Crippen molar-refractivity contribution in [3.8, 4) is 0 Å². The minimum Gasteiger partial charge on any atom is -0.337 e. The van der Waals surface area contributed by atoms with Crippen LogP contribution in [0.25, 0.3) is 0 Å². The minimum atomic E-state index is -0.135. The summed E-state index contributed by atoms with van der Waals surface area (Å²) in [5.74, 6) is 0.0294. The lowest BCUT2D eigenvalue weighted by atomic mass is 10.1. The molecule has 0 spiro atoms. The van der Waals surface area contributed by atoms with Gasteiger partial charge in [-0.05, 0) is 11.4 Å². The molecule has 21 heavy (non-hydrogen) atoms. The third-order valence-corrected chi connectivity index (χ3v) is 5.07. The fourth-order valence-corrected chi connectivity index (χ4v) is 3.90. The topological polar surface area (TPSA) is 62.3 Å². The van der Waals surface area contributed by atoms with E-state index >= 15 is 0 Å². The molecule has 0 unspecified atom stereocenters. The summed E-state index contributed by atoms with van der Waals surface area (Å²) in [6, 6.07) is 1.79. The van der Waals surface area contributed by atoms with Gasteiger partial charge in [0.25, 0.3) is 5.91 Å². The number of nitrogens with one attached hydrogen (secondary N) is 1. The predicted molar refractivity (Wildman–Crippen MR) is 83.8 cm³/mol. The summed E-state index contributed by atoms with van der Waals surface area (Å²) < 4.78 is 0. The molecule has 3 heterocycles. The average molecular weight is 321 g/mol. The smallest absolute Gasteiger partial charge is 0.258 e. The van der Waals surface area contributed by atoms with E-state index in [2.05, 4.69) is 10.3 Å². The van der Waals surface area contributed by atoms with Crippen LogP contribution in [-0.2, 0) is 17.8 Å². The van der Waals surface area contributed by atoms with E-state index in [1.54, 1.807) is 6.07 Å². The first-order valence-corrected chi connectivity index (χ1v) is 8.53. The summed E-state index contributed by atoms with van der Waals surface area (Å²) in [5.41, 5.74) is 1.65. The highest BCUT2D eigenvalue weighted by atomic mass is 32.1. The lowest BCUT2D eigenvalue weighted by Crippen LogP contribution is -2.34. The summed E-state index contributed by atoms with van der Waals surface area (Å²) >= 11 is 2.95. The summed E-state index contributed by atoms with van der Waals surface area (Å²) in [6.07, 6.45) is 1.28. The van der Waals surface area contributed by atoms with E-state index in [1.807, 2.05) is 22.6 Å². The maximum absolute atomic E-state index is 12.0. The molecule has 0 saturated heterocycles. The number of carbonyl (C=O) groups excluding carboxylic acids is 2. The first kappa shape index (κ1) is 14.2. The van der Waals surface area contributed by atoms with Crippen LogP contribution in [0.5, 0.6) is 0 Å². The molecule has 3 rings (SSSR count). The Morgan fingerprint density at radius 2 is 2.33 bits per heavy atom. The van der Waals surface area contributed by atoms with Gasteiger partial charge in [0.15, 0.2) is 5.13 Å². The van der Waals surface area contributed by atoms with Crippen LogP contribution in [0.4, 0.5) is 5.13 Å². The van der Waals surface area contributed by atoms with Gasteiger partial charge in [-0.25, -0.2) is 4.98 Å². The molecule has 0 bridgehead atoms. The van der Waals surface area contributed by atoms with Crippen LogP contribution >= 0.6 is 22.7 Å². The van der Waals surface area contributed by atoms with Gasteiger partial charge in [0.05, 0.1) is 17.8 Å². The van der Waals surface area contributed by atoms with Crippen molar-refractivity contribution in [2.24, 2.45) is 0 Å². The van der Waals surface area contributed by atoms with Crippen molar-refractivity contribution in [2.75, 3.05) is 11.9 Å². The molecule has 2 aromatic rings. The van der Waals surface area contributed by atoms with Crippen molar-refractivity contribution >= 4 is 39.6 Å². The Labute approximate surface area is 130 Å². The lowest BCUT2D eigenvalue weighted by Gasteiger charge is -2.25. The largest absolute Gasteiger partial charge is 0.337 e. The van der Waals surface area contributed by atoms with E-state index in [0.717, 1.165) is 17.0 Å². The summed E-state index contributed by atoms with van der Waals surface area (Å²) in [7, 11) is 0. The Morgan fingerprint density at radius 1 is 1.48 bits per heavy atom. The molecule has 7 heteroatoms. The SMILES string of the molecule is CCC(=O)N1CCc2nc(NC(=O)c3ccsc3)sc2C1. The van der Waals surface area contributed by atoms with Crippen LogP contribution in [0.3, 0.4) is 0 Å². The maximum Gasteiger partial charge on any atom is 0.258 e. The van der Waals surface area contributed by atoms with E-state index in [9.17, 15) is 9.59 Å².